The minimum absolute atomic E-state index is 0.0512. The van der Waals surface area contributed by atoms with Gasteiger partial charge in [-0.05, 0) is 19.1 Å². The predicted molar refractivity (Wildman–Crippen MR) is 77.1 cm³/mol. The Hall–Kier alpha value is -2.34. The fourth-order valence-electron chi connectivity index (χ4n) is 1.85. The smallest absolute Gasteiger partial charge is 0.342 e. The normalized spacial score (nSPS) is 10.5. The van der Waals surface area contributed by atoms with Gasteiger partial charge in [0.15, 0.2) is 0 Å². The SMILES string of the molecule is CCOCCCOc1c(C(=O)O)cnn1-c1ccccc1. The highest BCUT2D eigenvalue weighted by atomic mass is 16.5. The second kappa shape index (κ2) is 7.44. The summed E-state index contributed by atoms with van der Waals surface area (Å²) in [6.07, 6.45) is 1.99. The van der Waals surface area contributed by atoms with Crippen molar-refractivity contribution < 1.29 is 19.4 Å². The summed E-state index contributed by atoms with van der Waals surface area (Å²) in [7, 11) is 0. The van der Waals surface area contributed by atoms with Crippen molar-refractivity contribution >= 4 is 5.97 Å². The summed E-state index contributed by atoms with van der Waals surface area (Å²) < 4.78 is 12.3. The van der Waals surface area contributed by atoms with Gasteiger partial charge >= 0.3 is 5.97 Å². The molecule has 6 heteroatoms. The Labute approximate surface area is 122 Å². The number of carboxylic acid groups (broad SMARTS) is 1. The van der Waals surface area contributed by atoms with E-state index in [2.05, 4.69) is 5.10 Å². The Morgan fingerprint density at radius 1 is 1.29 bits per heavy atom. The van der Waals surface area contributed by atoms with Crippen LogP contribution in [0.4, 0.5) is 0 Å². The van der Waals surface area contributed by atoms with Gasteiger partial charge < -0.3 is 14.6 Å². The predicted octanol–water partition coefficient (Wildman–Crippen LogP) is 2.38. The number of benzene rings is 1. The van der Waals surface area contributed by atoms with Crippen LogP contribution < -0.4 is 4.74 Å². The maximum absolute atomic E-state index is 11.2. The van der Waals surface area contributed by atoms with Gasteiger partial charge in [0.1, 0.15) is 5.56 Å². The van der Waals surface area contributed by atoms with Crippen molar-refractivity contribution in [2.75, 3.05) is 19.8 Å². The summed E-state index contributed by atoms with van der Waals surface area (Å²) in [5, 5.41) is 13.3. The molecule has 0 fully saturated rings. The molecule has 0 saturated heterocycles. The van der Waals surface area contributed by atoms with Crippen molar-refractivity contribution in [1.29, 1.82) is 0 Å². The molecule has 0 bridgehead atoms. The fraction of sp³-hybridized carbons (Fsp3) is 0.333. The summed E-state index contributed by atoms with van der Waals surface area (Å²) in [6, 6.07) is 9.28. The zero-order valence-corrected chi connectivity index (χ0v) is 11.9. The molecule has 0 spiro atoms. The number of aromatic nitrogens is 2. The number of ether oxygens (including phenoxy) is 2. The summed E-state index contributed by atoms with van der Waals surface area (Å²) >= 11 is 0. The highest BCUT2D eigenvalue weighted by Crippen LogP contribution is 2.22. The molecule has 0 amide bonds. The van der Waals surface area contributed by atoms with E-state index in [-0.39, 0.29) is 11.4 Å². The number of para-hydroxylation sites is 1. The van der Waals surface area contributed by atoms with Gasteiger partial charge in [0.2, 0.25) is 5.88 Å². The molecule has 0 aliphatic heterocycles. The topological polar surface area (TPSA) is 73.6 Å². The number of hydrogen-bond donors (Lipinski definition) is 1. The lowest BCUT2D eigenvalue weighted by Crippen LogP contribution is -2.09. The molecule has 1 heterocycles. The van der Waals surface area contributed by atoms with Crippen LogP contribution in [-0.4, -0.2) is 40.7 Å². The maximum Gasteiger partial charge on any atom is 0.342 e. The highest BCUT2D eigenvalue weighted by Gasteiger charge is 2.19. The zero-order chi connectivity index (χ0) is 15.1. The molecule has 1 N–H and O–H groups in total. The molecule has 0 aliphatic rings. The van der Waals surface area contributed by atoms with E-state index >= 15 is 0 Å². The Bertz CT molecular complexity index is 581. The Morgan fingerprint density at radius 2 is 2.05 bits per heavy atom. The van der Waals surface area contributed by atoms with Crippen molar-refractivity contribution in [2.45, 2.75) is 13.3 Å². The van der Waals surface area contributed by atoms with Crippen molar-refractivity contribution in [1.82, 2.24) is 9.78 Å². The number of carboxylic acids is 1. The molecule has 0 saturated carbocycles. The molecule has 0 atom stereocenters. The third kappa shape index (κ3) is 3.82. The third-order valence-electron chi connectivity index (χ3n) is 2.83. The van der Waals surface area contributed by atoms with Gasteiger partial charge in [-0.15, -0.1) is 0 Å². The van der Waals surface area contributed by atoms with Gasteiger partial charge in [0.25, 0.3) is 0 Å². The van der Waals surface area contributed by atoms with E-state index in [9.17, 15) is 9.90 Å². The van der Waals surface area contributed by atoms with Crippen LogP contribution in [-0.2, 0) is 4.74 Å². The molecule has 112 valence electrons. The third-order valence-corrected chi connectivity index (χ3v) is 2.83. The lowest BCUT2D eigenvalue weighted by Gasteiger charge is -2.10. The monoisotopic (exact) mass is 290 g/mol. The molecule has 2 aromatic rings. The van der Waals surface area contributed by atoms with E-state index < -0.39 is 5.97 Å². The standard InChI is InChI=1S/C15H18N2O4/c1-2-20-9-6-10-21-14-13(15(18)19)11-16-17(14)12-7-4-3-5-8-12/h3-5,7-8,11H,2,6,9-10H2,1H3,(H,18,19). The van der Waals surface area contributed by atoms with E-state index in [1.165, 1.54) is 10.9 Å². The summed E-state index contributed by atoms with van der Waals surface area (Å²) in [5.74, 6) is -0.817. The highest BCUT2D eigenvalue weighted by molar-refractivity contribution is 5.90. The van der Waals surface area contributed by atoms with Gasteiger partial charge in [0, 0.05) is 19.6 Å². The molecule has 0 aliphatic carbocycles. The van der Waals surface area contributed by atoms with E-state index in [0.29, 0.717) is 26.2 Å². The molecular weight excluding hydrogens is 272 g/mol. The number of carbonyl (C=O) groups is 1. The minimum atomic E-state index is -1.06. The number of hydrogen-bond acceptors (Lipinski definition) is 4. The van der Waals surface area contributed by atoms with Crippen LogP contribution in [0.3, 0.4) is 0 Å². The van der Waals surface area contributed by atoms with Crippen molar-refractivity contribution in [3.05, 3.63) is 42.1 Å². The van der Waals surface area contributed by atoms with Gasteiger partial charge in [-0.1, -0.05) is 18.2 Å². The molecule has 0 radical (unpaired) electrons. The van der Waals surface area contributed by atoms with Gasteiger partial charge in [0.05, 0.1) is 18.5 Å². The Balaban J connectivity index is 2.16. The van der Waals surface area contributed by atoms with Crippen LogP contribution in [0.25, 0.3) is 5.69 Å². The van der Waals surface area contributed by atoms with Crippen LogP contribution >= 0.6 is 0 Å². The first kappa shape index (κ1) is 15.1. The molecule has 2 rings (SSSR count). The maximum atomic E-state index is 11.2. The van der Waals surface area contributed by atoms with E-state index in [0.717, 1.165) is 5.69 Å². The number of aromatic carboxylic acids is 1. The Morgan fingerprint density at radius 3 is 2.71 bits per heavy atom. The van der Waals surface area contributed by atoms with Crippen molar-refractivity contribution in [3.63, 3.8) is 0 Å². The van der Waals surface area contributed by atoms with Crippen molar-refractivity contribution in [3.8, 4) is 11.6 Å². The second-order valence-electron chi connectivity index (χ2n) is 4.31. The van der Waals surface area contributed by atoms with Crippen LogP contribution in [0.1, 0.15) is 23.7 Å². The first-order valence-electron chi connectivity index (χ1n) is 6.81. The molecular formula is C15H18N2O4. The molecule has 6 nitrogen and oxygen atoms in total. The van der Waals surface area contributed by atoms with Gasteiger partial charge in [-0.3, -0.25) is 0 Å². The summed E-state index contributed by atoms with van der Waals surface area (Å²) in [5.41, 5.74) is 0.806. The number of rotatable bonds is 8. The molecule has 0 unspecified atom stereocenters. The quantitative estimate of drug-likeness (QED) is 0.756. The van der Waals surface area contributed by atoms with Crippen molar-refractivity contribution in [2.24, 2.45) is 0 Å². The average Bonchev–Trinajstić information content (AvgIpc) is 2.92. The average molecular weight is 290 g/mol. The molecule has 21 heavy (non-hydrogen) atoms. The van der Waals surface area contributed by atoms with E-state index in [4.69, 9.17) is 9.47 Å². The first-order chi connectivity index (χ1) is 10.2. The van der Waals surface area contributed by atoms with E-state index in [1.807, 2.05) is 37.3 Å². The second-order valence-corrected chi connectivity index (χ2v) is 4.31. The largest absolute Gasteiger partial charge is 0.477 e. The Kier molecular flexibility index (Phi) is 5.34. The van der Waals surface area contributed by atoms with Gasteiger partial charge in [-0.2, -0.15) is 5.10 Å². The molecule has 1 aromatic carbocycles. The lowest BCUT2D eigenvalue weighted by atomic mass is 10.3. The first-order valence-corrected chi connectivity index (χ1v) is 6.81. The minimum Gasteiger partial charge on any atom is -0.477 e. The lowest BCUT2D eigenvalue weighted by molar-refractivity contribution is 0.0691. The zero-order valence-electron chi connectivity index (χ0n) is 11.9. The summed E-state index contributed by atoms with van der Waals surface area (Å²) in [4.78, 5) is 11.2. The van der Waals surface area contributed by atoms with Crippen LogP contribution in [0, 0.1) is 0 Å². The van der Waals surface area contributed by atoms with Gasteiger partial charge in [-0.25, -0.2) is 9.48 Å². The molecule has 1 aromatic heterocycles. The van der Waals surface area contributed by atoms with E-state index in [1.54, 1.807) is 0 Å². The fourth-order valence-corrected chi connectivity index (χ4v) is 1.85. The summed E-state index contributed by atoms with van der Waals surface area (Å²) in [6.45, 7) is 3.54. The van der Waals surface area contributed by atoms with Crippen LogP contribution in [0.2, 0.25) is 0 Å². The number of nitrogens with zero attached hydrogens (tertiary/aromatic N) is 2. The van der Waals surface area contributed by atoms with Crippen LogP contribution in [0.15, 0.2) is 36.5 Å². The van der Waals surface area contributed by atoms with Crippen LogP contribution in [0.5, 0.6) is 5.88 Å².